The van der Waals surface area contributed by atoms with Crippen molar-refractivity contribution in [2.24, 2.45) is 0 Å². The highest BCUT2D eigenvalue weighted by molar-refractivity contribution is 7.80. The Morgan fingerprint density at radius 3 is 2.75 bits per heavy atom. The molecule has 0 aliphatic heterocycles. The first-order valence-corrected chi connectivity index (χ1v) is 3.84. The van der Waals surface area contributed by atoms with Crippen molar-refractivity contribution in [1.82, 2.24) is 4.90 Å². The SMILES string of the molecule is CCOC(=O)CC(=S)N(C)C#N. The van der Waals surface area contributed by atoms with E-state index < -0.39 is 5.97 Å². The Morgan fingerprint density at radius 1 is 1.75 bits per heavy atom. The highest BCUT2D eigenvalue weighted by Gasteiger charge is 2.09. The van der Waals surface area contributed by atoms with Crippen LogP contribution in [0.4, 0.5) is 0 Å². The molecular weight excluding hydrogens is 176 g/mol. The van der Waals surface area contributed by atoms with Gasteiger partial charge in [0.15, 0.2) is 6.19 Å². The second-order valence-electron chi connectivity index (χ2n) is 2.03. The van der Waals surface area contributed by atoms with Gasteiger partial charge in [0.25, 0.3) is 0 Å². The number of ether oxygens (including phenoxy) is 1. The number of nitrogens with zero attached hydrogens (tertiary/aromatic N) is 2. The minimum atomic E-state index is -0.399. The summed E-state index contributed by atoms with van der Waals surface area (Å²) in [5.41, 5.74) is 0. The van der Waals surface area contributed by atoms with E-state index in [1.54, 1.807) is 13.1 Å². The first-order chi connectivity index (χ1) is 5.61. The number of nitriles is 1. The first kappa shape index (κ1) is 10.8. The molecule has 0 heterocycles. The smallest absolute Gasteiger partial charge is 0.312 e. The molecule has 66 valence electrons. The lowest BCUT2D eigenvalue weighted by atomic mass is 10.4. The average molecular weight is 186 g/mol. The van der Waals surface area contributed by atoms with Crippen LogP contribution < -0.4 is 0 Å². The molecule has 0 aromatic carbocycles. The van der Waals surface area contributed by atoms with E-state index in [2.05, 4.69) is 4.74 Å². The average Bonchev–Trinajstić information content (AvgIpc) is 2.03. The highest BCUT2D eigenvalue weighted by atomic mass is 32.1. The van der Waals surface area contributed by atoms with E-state index in [-0.39, 0.29) is 11.4 Å². The van der Waals surface area contributed by atoms with Crippen LogP contribution in [0, 0.1) is 11.5 Å². The van der Waals surface area contributed by atoms with Crippen LogP contribution in [0.3, 0.4) is 0 Å². The Morgan fingerprint density at radius 2 is 2.33 bits per heavy atom. The van der Waals surface area contributed by atoms with Crippen molar-refractivity contribution in [3.8, 4) is 6.19 Å². The summed E-state index contributed by atoms with van der Waals surface area (Å²) in [6.07, 6.45) is 1.79. The van der Waals surface area contributed by atoms with Gasteiger partial charge in [-0.05, 0) is 6.92 Å². The predicted octanol–water partition coefficient (Wildman–Crippen LogP) is 0.680. The molecule has 0 aliphatic rings. The van der Waals surface area contributed by atoms with Crippen molar-refractivity contribution < 1.29 is 9.53 Å². The van der Waals surface area contributed by atoms with Gasteiger partial charge in [-0.3, -0.25) is 9.69 Å². The van der Waals surface area contributed by atoms with E-state index in [1.807, 2.05) is 0 Å². The van der Waals surface area contributed by atoms with Gasteiger partial charge in [0.2, 0.25) is 0 Å². The zero-order valence-electron chi connectivity index (χ0n) is 7.03. The third-order valence-corrected chi connectivity index (χ3v) is 1.54. The van der Waals surface area contributed by atoms with E-state index in [1.165, 1.54) is 7.05 Å². The van der Waals surface area contributed by atoms with Gasteiger partial charge in [-0.25, -0.2) is 0 Å². The minimum Gasteiger partial charge on any atom is -0.466 e. The third kappa shape index (κ3) is 3.88. The first-order valence-electron chi connectivity index (χ1n) is 3.43. The van der Waals surface area contributed by atoms with E-state index in [0.29, 0.717) is 6.61 Å². The number of carbonyl (C=O) groups is 1. The minimum absolute atomic E-state index is 0.00671. The summed E-state index contributed by atoms with van der Waals surface area (Å²) in [5.74, 6) is -0.399. The molecule has 0 saturated carbocycles. The van der Waals surface area contributed by atoms with Gasteiger partial charge in [0.05, 0.1) is 13.0 Å². The number of carbonyl (C=O) groups excluding carboxylic acids is 1. The van der Waals surface area contributed by atoms with Gasteiger partial charge in [-0.15, -0.1) is 0 Å². The molecule has 12 heavy (non-hydrogen) atoms. The lowest BCUT2D eigenvalue weighted by Crippen LogP contribution is -2.23. The van der Waals surface area contributed by atoms with Crippen molar-refractivity contribution in [2.75, 3.05) is 13.7 Å². The molecule has 0 radical (unpaired) electrons. The molecule has 0 fully saturated rings. The number of rotatable bonds is 3. The summed E-state index contributed by atoms with van der Waals surface area (Å²) in [4.78, 5) is 12.3. The highest BCUT2D eigenvalue weighted by Crippen LogP contribution is 1.94. The lowest BCUT2D eigenvalue weighted by molar-refractivity contribution is -0.141. The summed E-state index contributed by atoms with van der Waals surface area (Å²) >= 11 is 4.77. The summed E-state index contributed by atoms with van der Waals surface area (Å²) in [5, 5.41) is 8.38. The van der Waals surface area contributed by atoms with Crippen LogP contribution in [0.1, 0.15) is 13.3 Å². The number of hydrogen-bond donors (Lipinski definition) is 0. The number of hydrogen-bond acceptors (Lipinski definition) is 4. The normalized spacial score (nSPS) is 8.42. The molecule has 5 heteroatoms. The molecular formula is C7H10N2O2S. The van der Waals surface area contributed by atoms with Crippen LogP contribution in [0.15, 0.2) is 0 Å². The van der Waals surface area contributed by atoms with Crippen molar-refractivity contribution in [3.05, 3.63) is 0 Å². The zero-order valence-corrected chi connectivity index (χ0v) is 7.85. The van der Waals surface area contributed by atoms with Crippen LogP contribution in [-0.2, 0) is 9.53 Å². The van der Waals surface area contributed by atoms with Gasteiger partial charge in [-0.1, -0.05) is 12.2 Å². The Kier molecular flexibility index (Phi) is 4.97. The fourth-order valence-corrected chi connectivity index (χ4v) is 0.669. The summed E-state index contributed by atoms with van der Waals surface area (Å²) in [6, 6.07) is 0. The van der Waals surface area contributed by atoms with Gasteiger partial charge in [0.1, 0.15) is 4.99 Å². The van der Waals surface area contributed by atoms with E-state index in [4.69, 9.17) is 17.5 Å². The topological polar surface area (TPSA) is 53.3 Å². The van der Waals surface area contributed by atoms with Crippen LogP contribution in [0.2, 0.25) is 0 Å². The maximum atomic E-state index is 10.8. The monoisotopic (exact) mass is 186 g/mol. The molecule has 0 bridgehead atoms. The molecule has 0 aromatic rings. The maximum absolute atomic E-state index is 10.8. The molecule has 0 saturated heterocycles. The van der Waals surface area contributed by atoms with Gasteiger partial charge < -0.3 is 4.74 Å². The molecule has 0 aromatic heterocycles. The zero-order chi connectivity index (χ0) is 9.56. The van der Waals surface area contributed by atoms with Gasteiger partial charge >= 0.3 is 5.97 Å². The van der Waals surface area contributed by atoms with Crippen LogP contribution in [0.5, 0.6) is 0 Å². The lowest BCUT2D eigenvalue weighted by Gasteiger charge is -2.08. The van der Waals surface area contributed by atoms with Crippen LogP contribution >= 0.6 is 12.2 Å². The van der Waals surface area contributed by atoms with Gasteiger partial charge in [-0.2, -0.15) is 5.26 Å². The summed E-state index contributed by atoms with van der Waals surface area (Å²) in [6.45, 7) is 2.05. The van der Waals surface area contributed by atoms with Crippen molar-refractivity contribution in [1.29, 1.82) is 5.26 Å². The number of esters is 1. The fourth-order valence-electron chi connectivity index (χ4n) is 0.510. The number of thiocarbonyl (C=S) groups is 1. The standard InChI is InChI=1S/C7H10N2O2S/c1-3-11-7(10)4-6(12)9(2)5-8/h3-4H2,1-2H3. The molecule has 0 atom stereocenters. The third-order valence-electron chi connectivity index (χ3n) is 1.12. The maximum Gasteiger partial charge on any atom is 0.312 e. The van der Waals surface area contributed by atoms with E-state index >= 15 is 0 Å². The second-order valence-corrected chi connectivity index (χ2v) is 2.51. The molecule has 0 rings (SSSR count). The predicted molar refractivity (Wildman–Crippen MR) is 47.2 cm³/mol. The fraction of sp³-hybridized carbons (Fsp3) is 0.571. The van der Waals surface area contributed by atoms with Crippen LogP contribution in [-0.4, -0.2) is 29.5 Å². The van der Waals surface area contributed by atoms with Crippen molar-refractivity contribution in [3.63, 3.8) is 0 Å². The van der Waals surface area contributed by atoms with Crippen LogP contribution in [0.25, 0.3) is 0 Å². The summed E-state index contributed by atoms with van der Waals surface area (Å²) in [7, 11) is 1.50. The van der Waals surface area contributed by atoms with E-state index in [0.717, 1.165) is 4.90 Å². The Balaban J connectivity index is 3.86. The second kappa shape index (κ2) is 5.49. The quantitative estimate of drug-likeness (QED) is 0.281. The Bertz CT molecular complexity index is 222. The van der Waals surface area contributed by atoms with Crippen molar-refractivity contribution >= 4 is 23.2 Å². The molecule has 0 N–H and O–H groups in total. The molecule has 0 spiro atoms. The van der Waals surface area contributed by atoms with Gasteiger partial charge in [0, 0.05) is 7.05 Å². The largest absolute Gasteiger partial charge is 0.466 e. The van der Waals surface area contributed by atoms with E-state index in [9.17, 15) is 4.79 Å². The Labute approximate surface area is 76.7 Å². The summed E-state index contributed by atoms with van der Waals surface area (Å²) < 4.78 is 4.64. The molecule has 0 aliphatic carbocycles. The molecule has 4 nitrogen and oxygen atoms in total. The Hall–Kier alpha value is -1.15. The molecule has 0 amide bonds. The molecule has 0 unspecified atom stereocenters. The van der Waals surface area contributed by atoms with Crippen molar-refractivity contribution in [2.45, 2.75) is 13.3 Å².